The minimum Gasteiger partial charge on any atom is -0.497 e. The summed E-state index contributed by atoms with van der Waals surface area (Å²) in [5, 5.41) is 13.5. The largest absolute Gasteiger partial charge is 0.497 e. The third-order valence-electron chi connectivity index (χ3n) is 3.83. The number of esters is 1. The molecule has 26 heavy (non-hydrogen) atoms. The van der Waals surface area contributed by atoms with Gasteiger partial charge in [0.1, 0.15) is 17.0 Å². The first-order valence-electron chi connectivity index (χ1n) is 8.08. The molecule has 0 bridgehead atoms. The Labute approximate surface area is 151 Å². The van der Waals surface area contributed by atoms with Gasteiger partial charge in [0.05, 0.1) is 31.0 Å². The summed E-state index contributed by atoms with van der Waals surface area (Å²) in [7, 11) is 1.60. The highest BCUT2D eigenvalue weighted by molar-refractivity contribution is 5.96. The van der Waals surface area contributed by atoms with Gasteiger partial charge >= 0.3 is 5.97 Å². The molecule has 2 aromatic carbocycles. The van der Waals surface area contributed by atoms with Crippen molar-refractivity contribution in [3.05, 3.63) is 65.9 Å². The van der Waals surface area contributed by atoms with Gasteiger partial charge in [0.25, 0.3) is 0 Å². The summed E-state index contributed by atoms with van der Waals surface area (Å²) < 4.78 is 11.9. The lowest BCUT2D eigenvalue weighted by Crippen LogP contribution is -2.05. The number of carbonyl (C=O) groups is 1. The molecule has 0 radical (unpaired) electrons. The Morgan fingerprint density at radius 2 is 1.85 bits per heavy atom. The van der Waals surface area contributed by atoms with Gasteiger partial charge in [-0.3, -0.25) is 0 Å². The average molecular weight is 347 g/mol. The number of methoxy groups -OCH3 is 1. The molecule has 0 atom stereocenters. The van der Waals surface area contributed by atoms with E-state index in [-0.39, 0.29) is 6.61 Å². The van der Waals surface area contributed by atoms with Crippen LogP contribution < -0.4 is 4.74 Å². The van der Waals surface area contributed by atoms with Crippen LogP contribution in [-0.2, 0) is 4.74 Å². The molecule has 0 aliphatic carbocycles. The molecule has 6 nitrogen and oxygen atoms in total. The third-order valence-corrected chi connectivity index (χ3v) is 3.83. The van der Waals surface area contributed by atoms with Gasteiger partial charge in [-0.05, 0) is 43.3 Å². The van der Waals surface area contributed by atoms with Crippen LogP contribution in [0.1, 0.15) is 22.8 Å². The van der Waals surface area contributed by atoms with Gasteiger partial charge in [-0.15, -0.1) is 0 Å². The van der Waals surface area contributed by atoms with Crippen molar-refractivity contribution in [1.82, 2.24) is 9.78 Å². The maximum absolute atomic E-state index is 12.4. The fourth-order valence-electron chi connectivity index (χ4n) is 2.52. The molecule has 0 unspecified atom stereocenters. The second kappa shape index (κ2) is 7.53. The summed E-state index contributed by atoms with van der Waals surface area (Å²) >= 11 is 0. The maximum atomic E-state index is 12.4. The Morgan fingerprint density at radius 1 is 1.15 bits per heavy atom. The van der Waals surface area contributed by atoms with Crippen molar-refractivity contribution in [2.45, 2.75) is 6.92 Å². The Balaban J connectivity index is 2.07. The molecule has 6 heteroatoms. The molecule has 1 aromatic heterocycles. The van der Waals surface area contributed by atoms with Crippen LogP contribution >= 0.6 is 0 Å². The smallest absolute Gasteiger partial charge is 0.342 e. The molecule has 3 rings (SSSR count). The van der Waals surface area contributed by atoms with Crippen molar-refractivity contribution in [1.29, 1.82) is 5.26 Å². The first kappa shape index (κ1) is 17.2. The van der Waals surface area contributed by atoms with Gasteiger partial charge < -0.3 is 9.47 Å². The monoisotopic (exact) mass is 347 g/mol. The Bertz CT molecular complexity index is 951. The lowest BCUT2D eigenvalue weighted by Gasteiger charge is -2.03. The summed E-state index contributed by atoms with van der Waals surface area (Å²) in [6.07, 6.45) is 1.65. The Hall–Kier alpha value is -3.59. The van der Waals surface area contributed by atoms with Gasteiger partial charge in [-0.1, -0.05) is 12.1 Å². The van der Waals surface area contributed by atoms with Crippen molar-refractivity contribution < 1.29 is 14.3 Å². The average Bonchev–Trinajstić information content (AvgIpc) is 3.14. The number of ether oxygens (including phenoxy) is 2. The number of benzene rings is 2. The van der Waals surface area contributed by atoms with Gasteiger partial charge in [-0.25, -0.2) is 9.48 Å². The minimum atomic E-state index is -0.438. The molecular weight excluding hydrogens is 330 g/mol. The Morgan fingerprint density at radius 3 is 2.42 bits per heavy atom. The van der Waals surface area contributed by atoms with Crippen LogP contribution in [0.4, 0.5) is 0 Å². The van der Waals surface area contributed by atoms with E-state index in [9.17, 15) is 4.79 Å². The van der Waals surface area contributed by atoms with Gasteiger partial charge in [0.2, 0.25) is 0 Å². The summed E-state index contributed by atoms with van der Waals surface area (Å²) in [5.74, 6) is 0.297. The van der Waals surface area contributed by atoms with Gasteiger partial charge in [-0.2, -0.15) is 10.4 Å². The van der Waals surface area contributed by atoms with E-state index in [4.69, 9.17) is 14.7 Å². The van der Waals surface area contributed by atoms with Crippen LogP contribution in [0, 0.1) is 11.3 Å². The first-order chi connectivity index (χ1) is 12.7. The maximum Gasteiger partial charge on any atom is 0.342 e. The second-order valence-electron chi connectivity index (χ2n) is 5.44. The molecule has 0 aliphatic heterocycles. The standard InChI is InChI=1S/C20H17N3O3/c1-3-26-20(24)18-13-23(16-8-10-17(25-2)11-9-16)22-19(18)15-6-4-14(12-21)5-7-15/h4-11,13H,3H2,1-2H3. The van der Waals surface area contributed by atoms with Crippen LogP contribution in [-0.4, -0.2) is 29.5 Å². The lowest BCUT2D eigenvalue weighted by atomic mass is 10.1. The highest BCUT2D eigenvalue weighted by Gasteiger charge is 2.19. The van der Waals surface area contributed by atoms with Crippen molar-refractivity contribution in [2.24, 2.45) is 0 Å². The van der Waals surface area contributed by atoms with E-state index in [1.807, 2.05) is 24.3 Å². The van der Waals surface area contributed by atoms with E-state index in [0.29, 0.717) is 16.8 Å². The fourth-order valence-corrected chi connectivity index (χ4v) is 2.52. The number of nitriles is 1. The molecule has 0 amide bonds. The number of aromatic nitrogens is 2. The molecule has 0 spiro atoms. The van der Waals surface area contributed by atoms with E-state index >= 15 is 0 Å². The second-order valence-corrected chi connectivity index (χ2v) is 5.44. The van der Waals surface area contributed by atoms with E-state index in [1.54, 1.807) is 49.2 Å². The number of hydrogen-bond donors (Lipinski definition) is 0. The van der Waals surface area contributed by atoms with E-state index in [1.165, 1.54) is 0 Å². The van der Waals surface area contributed by atoms with Crippen molar-refractivity contribution in [3.8, 4) is 28.8 Å². The normalized spacial score (nSPS) is 10.2. The predicted octanol–water partition coefficient (Wildman–Crippen LogP) is 3.60. The third kappa shape index (κ3) is 3.42. The van der Waals surface area contributed by atoms with Crippen molar-refractivity contribution >= 4 is 5.97 Å². The molecule has 3 aromatic rings. The van der Waals surface area contributed by atoms with Crippen LogP contribution in [0.5, 0.6) is 5.75 Å². The molecule has 0 saturated carbocycles. The zero-order valence-electron chi connectivity index (χ0n) is 14.5. The SMILES string of the molecule is CCOC(=O)c1cn(-c2ccc(OC)cc2)nc1-c1ccc(C#N)cc1. The summed E-state index contributed by atoms with van der Waals surface area (Å²) in [5.41, 5.74) is 2.94. The highest BCUT2D eigenvalue weighted by Crippen LogP contribution is 2.25. The molecule has 0 N–H and O–H groups in total. The highest BCUT2D eigenvalue weighted by atomic mass is 16.5. The van der Waals surface area contributed by atoms with E-state index < -0.39 is 5.97 Å². The van der Waals surface area contributed by atoms with Crippen molar-refractivity contribution in [2.75, 3.05) is 13.7 Å². The van der Waals surface area contributed by atoms with Crippen LogP contribution in [0.3, 0.4) is 0 Å². The van der Waals surface area contributed by atoms with Crippen LogP contribution in [0.15, 0.2) is 54.7 Å². The lowest BCUT2D eigenvalue weighted by molar-refractivity contribution is 0.0527. The number of rotatable bonds is 5. The van der Waals surface area contributed by atoms with E-state index in [0.717, 1.165) is 17.0 Å². The molecule has 0 fully saturated rings. The molecular formula is C20H17N3O3. The van der Waals surface area contributed by atoms with Gasteiger partial charge in [0, 0.05) is 11.8 Å². The van der Waals surface area contributed by atoms with Crippen LogP contribution in [0.2, 0.25) is 0 Å². The zero-order valence-corrected chi connectivity index (χ0v) is 14.5. The van der Waals surface area contributed by atoms with Crippen LogP contribution in [0.25, 0.3) is 16.9 Å². The molecule has 1 heterocycles. The quantitative estimate of drug-likeness (QED) is 0.659. The minimum absolute atomic E-state index is 0.277. The fraction of sp³-hybridized carbons (Fsp3) is 0.150. The first-order valence-corrected chi connectivity index (χ1v) is 8.08. The molecule has 0 saturated heterocycles. The summed E-state index contributed by atoms with van der Waals surface area (Å²) in [6, 6.07) is 16.3. The zero-order chi connectivity index (χ0) is 18.5. The van der Waals surface area contributed by atoms with Crippen molar-refractivity contribution in [3.63, 3.8) is 0 Å². The molecule has 130 valence electrons. The Kier molecular flexibility index (Phi) is 4.99. The van der Waals surface area contributed by atoms with E-state index in [2.05, 4.69) is 11.2 Å². The number of carbonyl (C=O) groups excluding carboxylic acids is 1. The topological polar surface area (TPSA) is 77.1 Å². The number of nitrogens with zero attached hydrogens (tertiary/aromatic N) is 3. The predicted molar refractivity (Wildman–Crippen MR) is 96.2 cm³/mol. The summed E-state index contributed by atoms with van der Waals surface area (Å²) in [4.78, 5) is 12.4. The van der Waals surface area contributed by atoms with Gasteiger partial charge in [0.15, 0.2) is 0 Å². The molecule has 0 aliphatic rings. The number of hydrogen-bond acceptors (Lipinski definition) is 5. The summed E-state index contributed by atoms with van der Waals surface area (Å²) in [6.45, 7) is 2.03.